The highest BCUT2D eigenvalue weighted by molar-refractivity contribution is 6.05. The number of nitrogens with two attached hydrogens (primary N) is 1. The molecule has 2 aromatic carbocycles. The molecule has 0 radical (unpaired) electrons. The Labute approximate surface area is 222 Å². The van der Waals surface area contributed by atoms with Crippen molar-refractivity contribution in [2.75, 3.05) is 49.7 Å². The Kier molecular flexibility index (Phi) is 8.52. The number of morpholine rings is 2. The molecular formula is C26H27FN4O8. The van der Waals surface area contributed by atoms with Crippen LogP contribution in [0.15, 0.2) is 42.5 Å². The largest absolute Gasteiger partial charge is 0.449 e. The molecule has 2 aliphatic heterocycles. The Morgan fingerprint density at radius 3 is 2.38 bits per heavy atom. The highest BCUT2D eigenvalue weighted by atomic mass is 19.1. The van der Waals surface area contributed by atoms with E-state index in [0.717, 1.165) is 13.0 Å². The quantitative estimate of drug-likeness (QED) is 0.484. The van der Waals surface area contributed by atoms with E-state index in [1.807, 2.05) is 0 Å². The number of nitrogens with zero attached hydrogens (tertiary/aromatic N) is 2. The third-order valence-corrected chi connectivity index (χ3v) is 6.18. The van der Waals surface area contributed by atoms with E-state index in [2.05, 4.69) is 5.32 Å². The Morgan fingerprint density at radius 2 is 1.74 bits per heavy atom. The number of primary amides is 1. The van der Waals surface area contributed by atoms with Crippen molar-refractivity contribution >= 4 is 41.0 Å². The van der Waals surface area contributed by atoms with Gasteiger partial charge in [-0.1, -0.05) is 0 Å². The van der Waals surface area contributed by atoms with E-state index in [1.165, 1.54) is 46.2 Å². The summed E-state index contributed by atoms with van der Waals surface area (Å²) >= 11 is 0. The molecule has 2 aliphatic rings. The third kappa shape index (κ3) is 6.38. The Bertz CT molecular complexity index is 1280. The first-order chi connectivity index (χ1) is 18.7. The molecule has 2 heterocycles. The summed E-state index contributed by atoms with van der Waals surface area (Å²) in [4.78, 5) is 65.3. The van der Waals surface area contributed by atoms with Gasteiger partial charge in [0.15, 0.2) is 6.10 Å². The maximum Gasteiger partial charge on any atom is 0.303 e. The van der Waals surface area contributed by atoms with Crippen molar-refractivity contribution in [3.63, 3.8) is 0 Å². The molecule has 4 amide bonds. The number of benzene rings is 2. The fourth-order valence-electron chi connectivity index (χ4n) is 4.22. The molecule has 0 unspecified atom stereocenters. The average Bonchev–Trinajstić information content (AvgIpc) is 2.92. The van der Waals surface area contributed by atoms with Crippen LogP contribution in [-0.2, 0) is 28.6 Å². The molecule has 2 saturated heterocycles. The summed E-state index contributed by atoms with van der Waals surface area (Å²) < 4.78 is 30.6. The molecule has 0 spiro atoms. The first-order valence-electron chi connectivity index (χ1n) is 12.1. The van der Waals surface area contributed by atoms with Crippen molar-refractivity contribution in [3.05, 3.63) is 59.4 Å². The number of esters is 1. The molecule has 2 aromatic rings. The maximum absolute atomic E-state index is 14.6. The molecule has 0 bridgehead atoms. The number of hydrogen-bond donors (Lipinski definition) is 2. The van der Waals surface area contributed by atoms with Gasteiger partial charge in [-0.25, -0.2) is 4.39 Å². The van der Waals surface area contributed by atoms with E-state index in [1.54, 1.807) is 0 Å². The van der Waals surface area contributed by atoms with Crippen LogP contribution in [0.3, 0.4) is 0 Å². The minimum absolute atomic E-state index is 0.0289. The van der Waals surface area contributed by atoms with Crippen molar-refractivity contribution in [1.82, 2.24) is 4.90 Å². The van der Waals surface area contributed by atoms with Crippen molar-refractivity contribution in [2.45, 2.75) is 19.1 Å². The second-order valence-electron chi connectivity index (χ2n) is 8.81. The van der Waals surface area contributed by atoms with Crippen molar-refractivity contribution < 1.29 is 42.6 Å². The SMILES string of the molecule is CC(=O)O[C@@H](C(=O)Nc1ccc(C(N)=O)cc1)[C@H]1OCCN(c2ccc(F)c(C(=O)N3CCOCC3)c2)C1=O. The van der Waals surface area contributed by atoms with Gasteiger partial charge in [0.1, 0.15) is 5.82 Å². The summed E-state index contributed by atoms with van der Waals surface area (Å²) in [6.07, 6.45) is -3.18. The lowest BCUT2D eigenvalue weighted by Gasteiger charge is -2.35. The van der Waals surface area contributed by atoms with E-state index in [4.69, 9.17) is 19.9 Å². The second-order valence-corrected chi connectivity index (χ2v) is 8.81. The van der Waals surface area contributed by atoms with Crippen molar-refractivity contribution in [3.8, 4) is 0 Å². The molecule has 0 aromatic heterocycles. The van der Waals surface area contributed by atoms with Crippen LogP contribution in [-0.4, -0.2) is 86.2 Å². The summed E-state index contributed by atoms with van der Waals surface area (Å²) in [5, 5.41) is 2.52. The molecule has 0 aliphatic carbocycles. The molecule has 13 heteroatoms. The zero-order chi connectivity index (χ0) is 28.1. The number of rotatable bonds is 7. The maximum atomic E-state index is 14.6. The van der Waals surface area contributed by atoms with Gasteiger partial charge < -0.3 is 35.1 Å². The number of nitrogens with one attached hydrogen (secondary N) is 1. The Morgan fingerprint density at radius 1 is 1.05 bits per heavy atom. The van der Waals surface area contributed by atoms with E-state index in [9.17, 15) is 28.4 Å². The van der Waals surface area contributed by atoms with Crippen LogP contribution in [0.4, 0.5) is 15.8 Å². The first-order valence-corrected chi connectivity index (χ1v) is 12.1. The fraction of sp³-hybridized carbons (Fsp3) is 0.346. The van der Waals surface area contributed by atoms with Crippen molar-refractivity contribution in [2.24, 2.45) is 5.73 Å². The van der Waals surface area contributed by atoms with Crippen LogP contribution in [0.1, 0.15) is 27.6 Å². The summed E-state index contributed by atoms with van der Waals surface area (Å²) in [6.45, 7) is 2.40. The minimum Gasteiger partial charge on any atom is -0.449 e. The van der Waals surface area contributed by atoms with Gasteiger partial charge in [0, 0.05) is 43.5 Å². The standard InChI is InChI=1S/C26H27FN4O8/c1-15(32)39-21(24(34)29-17-4-2-16(3-5-17)23(28)33)22-26(36)31(10-13-38-22)18-6-7-20(27)19(14-18)25(35)30-8-11-37-12-9-30/h2-7,14,21-22H,8-13H2,1H3,(H2,28,33)(H,29,34)/t21-,22-/m1/s1. The highest BCUT2D eigenvalue weighted by Crippen LogP contribution is 2.25. The van der Waals surface area contributed by atoms with Gasteiger partial charge in [0.05, 0.1) is 25.4 Å². The molecule has 39 heavy (non-hydrogen) atoms. The molecule has 2 fully saturated rings. The predicted octanol–water partition coefficient (Wildman–Crippen LogP) is 0.699. The van der Waals surface area contributed by atoms with Crippen LogP contribution < -0.4 is 16.0 Å². The van der Waals surface area contributed by atoms with Gasteiger partial charge in [0.2, 0.25) is 12.0 Å². The van der Waals surface area contributed by atoms with Crippen LogP contribution in [0.5, 0.6) is 0 Å². The predicted molar refractivity (Wildman–Crippen MR) is 134 cm³/mol. The second kappa shape index (κ2) is 12.0. The summed E-state index contributed by atoms with van der Waals surface area (Å²) in [5.74, 6) is -4.32. The van der Waals surface area contributed by atoms with Crippen LogP contribution >= 0.6 is 0 Å². The van der Waals surface area contributed by atoms with Crippen LogP contribution in [0.2, 0.25) is 0 Å². The molecule has 0 saturated carbocycles. The number of hydrogen-bond acceptors (Lipinski definition) is 8. The lowest BCUT2D eigenvalue weighted by Crippen LogP contribution is -2.56. The number of carbonyl (C=O) groups is 5. The summed E-state index contributed by atoms with van der Waals surface area (Å²) in [5.41, 5.74) is 5.71. The van der Waals surface area contributed by atoms with Gasteiger partial charge >= 0.3 is 5.97 Å². The van der Waals surface area contributed by atoms with E-state index in [-0.39, 0.29) is 35.7 Å². The summed E-state index contributed by atoms with van der Waals surface area (Å²) in [7, 11) is 0. The summed E-state index contributed by atoms with van der Waals surface area (Å²) in [6, 6.07) is 9.34. The fourth-order valence-corrected chi connectivity index (χ4v) is 4.22. The Hall–Kier alpha value is -4.36. The van der Waals surface area contributed by atoms with Crippen LogP contribution in [0.25, 0.3) is 0 Å². The number of halogens is 1. The first kappa shape index (κ1) is 27.7. The van der Waals surface area contributed by atoms with Gasteiger partial charge in [-0.05, 0) is 42.5 Å². The number of carbonyl (C=O) groups excluding carboxylic acids is 5. The lowest BCUT2D eigenvalue weighted by atomic mass is 10.1. The zero-order valence-electron chi connectivity index (χ0n) is 21.1. The molecule has 206 valence electrons. The monoisotopic (exact) mass is 542 g/mol. The Balaban J connectivity index is 1.55. The minimum atomic E-state index is -1.66. The molecular weight excluding hydrogens is 515 g/mol. The zero-order valence-corrected chi connectivity index (χ0v) is 21.1. The van der Waals surface area contributed by atoms with Gasteiger partial charge in [-0.2, -0.15) is 0 Å². The van der Waals surface area contributed by atoms with Gasteiger partial charge in [-0.15, -0.1) is 0 Å². The van der Waals surface area contributed by atoms with Gasteiger partial charge in [-0.3, -0.25) is 24.0 Å². The molecule has 3 N–H and O–H groups in total. The van der Waals surface area contributed by atoms with Crippen molar-refractivity contribution in [1.29, 1.82) is 0 Å². The normalized spacial score (nSPS) is 18.3. The lowest BCUT2D eigenvalue weighted by molar-refractivity contribution is -0.167. The number of amides is 4. The molecule has 4 rings (SSSR count). The molecule has 2 atom stereocenters. The van der Waals surface area contributed by atoms with Gasteiger partial charge in [0.25, 0.3) is 17.7 Å². The number of anilines is 2. The third-order valence-electron chi connectivity index (χ3n) is 6.18. The topological polar surface area (TPSA) is 158 Å². The van der Waals surface area contributed by atoms with Crippen LogP contribution in [0, 0.1) is 5.82 Å². The van der Waals surface area contributed by atoms with E-state index in [0.29, 0.717) is 26.3 Å². The highest BCUT2D eigenvalue weighted by Gasteiger charge is 2.43. The average molecular weight is 543 g/mol. The van der Waals surface area contributed by atoms with E-state index >= 15 is 0 Å². The van der Waals surface area contributed by atoms with E-state index < -0.39 is 47.6 Å². The molecule has 12 nitrogen and oxygen atoms in total. The number of ether oxygens (including phenoxy) is 3. The smallest absolute Gasteiger partial charge is 0.303 e.